The molecule has 30 heavy (non-hydrogen) atoms. The molecule has 1 aromatic carbocycles. The molecule has 2 heterocycles. The number of carbonyl (C=O) groups excluding carboxylic acids is 1. The molecule has 0 spiro atoms. The number of carbonyl (C=O) groups is 1. The fraction of sp³-hybridized carbons (Fsp3) is 0.286. The van der Waals surface area contributed by atoms with Crippen molar-refractivity contribution in [1.82, 2.24) is 9.38 Å². The van der Waals surface area contributed by atoms with Gasteiger partial charge in [0.05, 0.1) is 40.4 Å². The van der Waals surface area contributed by atoms with Crippen LogP contribution in [0.15, 0.2) is 41.3 Å². The van der Waals surface area contributed by atoms with Crippen LogP contribution in [0.2, 0.25) is 0 Å². The van der Waals surface area contributed by atoms with Gasteiger partial charge in [-0.2, -0.15) is 4.98 Å². The minimum Gasteiger partial charge on any atom is -0.493 e. The predicted molar refractivity (Wildman–Crippen MR) is 108 cm³/mol. The number of methoxy groups -OCH3 is 4. The monoisotopic (exact) mass is 414 g/mol. The predicted octanol–water partition coefficient (Wildman–Crippen LogP) is 2.12. The van der Waals surface area contributed by atoms with Crippen molar-refractivity contribution in [1.29, 1.82) is 0 Å². The summed E-state index contributed by atoms with van der Waals surface area (Å²) in [4.78, 5) is 29.5. The molecule has 2 aromatic heterocycles. The number of fused-ring (bicyclic) bond motifs is 1. The standard InChI is InChI=1S/C21H22N2O7/c1-27-14-9-12(10-15(28-2)19(14)30-4)13(11-17(24)29-3)18-20(25)22-16-7-5-6-8-23(16)21(18)26/h5-10,13,25H,11H2,1-4H3/t13-/m0/s1. The van der Waals surface area contributed by atoms with Gasteiger partial charge in [0.25, 0.3) is 5.56 Å². The lowest BCUT2D eigenvalue weighted by Gasteiger charge is -2.20. The third kappa shape index (κ3) is 3.73. The fourth-order valence-corrected chi connectivity index (χ4v) is 3.34. The summed E-state index contributed by atoms with van der Waals surface area (Å²) < 4.78 is 22.2. The van der Waals surface area contributed by atoms with Crippen molar-refractivity contribution in [3.63, 3.8) is 0 Å². The lowest BCUT2D eigenvalue weighted by atomic mass is 9.89. The Morgan fingerprint density at radius 2 is 1.77 bits per heavy atom. The maximum atomic E-state index is 13.2. The summed E-state index contributed by atoms with van der Waals surface area (Å²) in [5.74, 6) is -0.855. The van der Waals surface area contributed by atoms with Crippen LogP contribution in [0.5, 0.6) is 23.1 Å². The summed E-state index contributed by atoms with van der Waals surface area (Å²) in [7, 11) is 5.64. The van der Waals surface area contributed by atoms with Crippen LogP contribution in [0.25, 0.3) is 5.65 Å². The molecule has 0 saturated heterocycles. The summed E-state index contributed by atoms with van der Waals surface area (Å²) in [6, 6.07) is 8.21. The molecule has 0 bridgehead atoms. The van der Waals surface area contributed by atoms with Gasteiger partial charge in [-0.05, 0) is 29.8 Å². The minimum atomic E-state index is -0.872. The molecule has 158 valence electrons. The van der Waals surface area contributed by atoms with Gasteiger partial charge in [-0.15, -0.1) is 0 Å². The van der Waals surface area contributed by atoms with Gasteiger partial charge in [0.2, 0.25) is 11.6 Å². The summed E-state index contributed by atoms with van der Waals surface area (Å²) in [6.07, 6.45) is 1.33. The highest BCUT2D eigenvalue weighted by Crippen LogP contribution is 2.42. The first-order valence-electron chi connectivity index (χ1n) is 9.02. The van der Waals surface area contributed by atoms with E-state index in [9.17, 15) is 14.7 Å². The normalized spacial score (nSPS) is 11.7. The van der Waals surface area contributed by atoms with Gasteiger partial charge in [-0.1, -0.05) is 6.07 Å². The SMILES string of the molecule is COC(=O)C[C@@H](c1cc(OC)c(OC)c(OC)c1)c1c(O)nc2ccccn2c1=O. The average Bonchev–Trinajstić information content (AvgIpc) is 2.77. The Labute approximate surface area is 172 Å². The number of pyridine rings is 1. The molecule has 0 fully saturated rings. The lowest BCUT2D eigenvalue weighted by Crippen LogP contribution is -2.24. The van der Waals surface area contributed by atoms with E-state index < -0.39 is 23.3 Å². The molecule has 0 aliphatic heterocycles. The van der Waals surface area contributed by atoms with E-state index in [0.717, 1.165) is 0 Å². The molecule has 0 aliphatic rings. The second-order valence-corrected chi connectivity index (χ2v) is 6.37. The second kappa shape index (κ2) is 8.73. The molecule has 9 nitrogen and oxygen atoms in total. The number of rotatable bonds is 7. The van der Waals surface area contributed by atoms with E-state index in [-0.39, 0.29) is 17.6 Å². The van der Waals surface area contributed by atoms with Crippen molar-refractivity contribution in [2.24, 2.45) is 0 Å². The Kier molecular flexibility index (Phi) is 6.10. The third-order valence-electron chi connectivity index (χ3n) is 4.79. The summed E-state index contributed by atoms with van der Waals surface area (Å²) >= 11 is 0. The van der Waals surface area contributed by atoms with Crippen LogP contribution in [0.1, 0.15) is 23.5 Å². The van der Waals surface area contributed by atoms with E-state index in [2.05, 4.69) is 4.98 Å². The van der Waals surface area contributed by atoms with Crippen LogP contribution in [-0.4, -0.2) is 48.9 Å². The summed E-state index contributed by atoms with van der Waals surface area (Å²) in [5.41, 5.74) is 0.226. The maximum Gasteiger partial charge on any atom is 0.306 e. The Morgan fingerprint density at radius 1 is 1.10 bits per heavy atom. The van der Waals surface area contributed by atoms with Crippen molar-refractivity contribution in [3.8, 4) is 23.1 Å². The quantitative estimate of drug-likeness (QED) is 0.586. The van der Waals surface area contributed by atoms with E-state index in [0.29, 0.717) is 22.8 Å². The molecule has 0 amide bonds. The highest BCUT2D eigenvalue weighted by molar-refractivity contribution is 5.72. The number of aromatic nitrogens is 2. The van der Waals surface area contributed by atoms with Crippen LogP contribution >= 0.6 is 0 Å². The van der Waals surface area contributed by atoms with E-state index in [1.54, 1.807) is 30.3 Å². The molecule has 0 radical (unpaired) electrons. The van der Waals surface area contributed by atoms with Crippen molar-refractivity contribution < 1.29 is 28.8 Å². The molecule has 3 rings (SSSR count). The first-order chi connectivity index (χ1) is 14.4. The first-order valence-corrected chi connectivity index (χ1v) is 9.02. The lowest BCUT2D eigenvalue weighted by molar-refractivity contribution is -0.140. The van der Waals surface area contributed by atoms with Crippen LogP contribution in [-0.2, 0) is 9.53 Å². The van der Waals surface area contributed by atoms with Gasteiger partial charge in [-0.25, -0.2) is 0 Å². The first kappa shape index (κ1) is 21.0. The molecule has 0 saturated carbocycles. The molecule has 1 atom stereocenters. The van der Waals surface area contributed by atoms with E-state index in [1.165, 1.54) is 39.0 Å². The van der Waals surface area contributed by atoms with Gasteiger partial charge in [0.1, 0.15) is 5.65 Å². The molecule has 0 aliphatic carbocycles. The van der Waals surface area contributed by atoms with Crippen molar-refractivity contribution in [3.05, 3.63) is 58.0 Å². The minimum absolute atomic E-state index is 0.0432. The van der Waals surface area contributed by atoms with Gasteiger partial charge in [0.15, 0.2) is 11.5 Å². The maximum absolute atomic E-state index is 13.2. The highest BCUT2D eigenvalue weighted by Gasteiger charge is 2.29. The van der Waals surface area contributed by atoms with Crippen molar-refractivity contribution in [2.45, 2.75) is 12.3 Å². The Balaban J connectivity index is 2.29. The molecule has 1 N–H and O–H groups in total. The topological polar surface area (TPSA) is 109 Å². The highest BCUT2D eigenvalue weighted by atomic mass is 16.5. The van der Waals surface area contributed by atoms with Crippen LogP contribution in [0.3, 0.4) is 0 Å². The molecule has 3 aromatic rings. The number of benzene rings is 1. The molecular formula is C21H22N2O7. The van der Waals surface area contributed by atoms with Crippen LogP contribution < -0.4 is 19.8 Å². The van der Waals surface area contributed by atoms with Gasteiger partial charge < -0.3 is 24.1 Å². The Hall–Kier alpha value is -3.75. The van der Waals surface area contributed by atoms with Crippen molar-refractivity contribution >= 4 is 11.6 Å². The van der Waals surface area contributed by atoms with Crippen LogP contribution in [0, 0.1) is 0 Å². The zero-order chi connectivity index (χ0) is 21.8. The number of hydrogen-bond acceptors (Lipinski definition) is 8. The number of aromatic hydroxyl groups is 1. The zero-order valence-corrected chi connectivity index (χ0v) is 17.0. The zero-order valence-electron chi connectivity index (χ0n) is 17.0. The van der Waals surface area contributed by atoms with E-state index in [1.807, 2.05) is 0 Å². The summed E-state index contributed by atoms with van der Waals surface area (Å²) in [6.45, 7) is 0. The smallest absolute Gasteiger partial charge is 0.306 e. The Morgan fingerprint density at radius 3 is 2.33 bits per heavy atom. The second-order valence-electron chi connectivity index (χ2n) is 6.37. The third-order valence-corrected chi connectivity index (χ3v) is 4.79. The fourth-order valence-electron chi connectivity index (χ4n) is 3.34. The van der Waals surface area contributed by atoms with Crippen LogP contribution in [0.4, 0.5) is 0 Å². The van der Waals surface area contributed by atoms with E-state index >= 15 is 0 Å². The van der Waals surface area contributed by atoms with Crippen molar-refractivity contribution in [2.75, 3.05) is 28.4 Å². The number of hydrogen-bond donors (Lipinski definition) is 1. The van der Waals surface area contributed by atoms with Gasteiger partial charge >= 0.3 is 5.97 Å². The van der Waals surface area contributed by atoms with E-state index in [4.69, 9.17) is 18.9 Å². The number of ether oxygens (including phenoxy) is 4. The average molecular weight is 414 g/mol. The Bertz CT molecular complexity index is 1110. The molecular weight excluding hydrogens is 392 g/mol. The molecule has 0 unspecified atom stereocenters. The number of nitrogens with zero attached hydrogens (tertiary/aromatic N) is 2. The largest absolute Gasteiger partial charge is 0.493 e. The molecule has 9 heteroatoms. The van der Waals surface area contributed by atoms with Gasteiger partial charge in [0, 0.05) is 12.1 Å². The summed E-state index contributed by atoms with van der Waals surface area (Å²) in [5, 5.41) is 10.6. The number of esters is 1. The van der Waals surface area contributed by atoms with Gasteiger partial charge in [-0.3, -0.25) is 14.0 Å².